The van der Waals surface area contributed by atoms with E-state index in [9.17, 15) is 9.59 Å². The van der Waals surface area contributed by atoms with E-state index in [1.807, 2.05) is 42.2 Å². The first-order chi connectivity index (χ1) is 15.0. The Morgan fingerprint density at radius 2 is 1.71 bits per heavy atom. The van der Waals surface area contributed by atoms with Crippen molar-refractivity contribution in [2.24, 2.45) is 5.92 Å². The van der Waals surface area contributed by atoms with Crippen molar-refractivity contribution in [1.82, 2.24) is 10.2 Å². The molecule has 31 heavy (non-hydrogen) atoms. The van der Waals surface area contributed by atoms with Gasteiger partial charge in [-0.2, -0.15) is 0 Å². The Morgan fingerprint density at radius 1 is 1.03 bits per heavy atom. The van der Waals surface area contributed by atoms with Crippen LogP contribution in [0.15, 0.2) is 48.5 Å². The number of methoxy groups -OCH3 is 2. The van der Waals surface area contributed by atoms with E-state index in [4.69, 9.17) is 9.47 Å². The summed E-state index contributed by atoms with van der Waals surface area (Å²) < 4.78 is 10.5. The summed E-state index contributed by atoms with van der Waals surface area (Å²) in [5.74, 6) is 1.37. The minimum Gasteiger partial charge on any atom is -0.493 e. The molecule has 2 amide bonds. The van der Waals surface area contributed by atoms with Gasteiger partial charge in [0.2, 0.25) is 5.91 Å². The maximum absolute atomic E-state index is 12.5. The molecule has 6 heteroatoms. The number of likely N-dealkylation sites (tertiary alicyclic amines) is 1. The molecule has 0 atom stereocenters. The second-order valence-electron chi connectivity index (χ2n) is 7.79. The normalized spacial score (nSPS) is 14.5. The smallest absolute Gasteiger partial charge is 0.251 e. The summed E-state index contributed by atoms with van der Waals surface area (Å²) in [5, 5.41) is 3.00. The first kappa shape index (κ1) is 22.4. The molecular formula is C25H30N2O4. The summed E-state index contributed by atoms with van der Waals surface area (Å²) in [6.45, 7) is 4.04. The number of amides is 2. The van der Waals surface area contributed by atoms with Gasteiger partial charge >= 0.3 is 0 Å². The molecule has 2 aromatic carbocycles. The van der Waals surface area contributed by atoms with Gasteiger partial charge < -0.3 is 19.7 Å². The number of benzene rings is 2. The van der Waals surface area contributed by atoms with Crippen LogP contribution in [0, 0.1) is 12.8 Å². The number of ether oxygens (including phenoxy) is 2. The van der Waals surface area contributed by atoms with E-state index in [-0.39, 0.29) is 11.8 Å². The molecule has 1 N–H and O–H groups in total. The average molecular weight is 423 g/mol. The quantitative estimate of drug-likeness (QED) is 0.691. The van der Waals surface area contributed by atoms with Crippen LogP contribution in [0.4, 0.5) is 0 Å². The molecule has 0 radical (unpaired) electrons. The van der Waals surface area contributed by atoms with Gasteiger partial charge in [-0.05, 0) is 55.5 Å². The maximum Gasteiger partial charge on any atom is 0.251 e. The van der Waals surface area contributed by atoms with Crippen molar-refractivity contribution in [3.05, 3.63) is 65.2 Å². The molecule has 0 bridgehead atoms. The second-order valence-corrected chi connectivity index (χ2v) is 7.79. The lowest BCUT2D eigenvalue weighted by Crippen LogP contribution is -2.41. The number of nitrogens with one attached hydrogen (secondary N) is 1. The monoisotopic (exact) mass is 422 g/mol. The highest BCUT2D eigenvalue weighted by molar-refractivity contribution is 5.95. The summed E-state index contributed by atoms with van der Waals surface area (Å²) >= 11 is 0. The number of rotatable bonds is 7. The van der Waals surface area contributed by atoms with Gasteiger partial charge in [-0.25, -0.2) is 0 Å². The molecule has 1 heterocycles. The lowest BCUT2D eigenvalue weighted by molar-refractivity contribution is -0.127. The van der Waals surface area contributed by atoms with Gasteiger partial charge in [0.1, 0.15) is 0 Å². The van der Waals surface area contributed by atoms with E-state index in [0.29, 0.717) is 42.6 Å². The van der Waals surface area contributed by atoms with Crippen LogP contribution < -0.4 is 14.8 Å². The molecule has 0 spiro atoms. The van der Waals surface area contributed by atoms with E-state index < -0.39 is 0 Å². The summed E-state index contributed by atoms with van der Waals surface area (Å²) in [4.78, 5) is 26.8. The predicted molar refractivity (Wildman–Crippen MR) is 121 cm³/mol. The molecule has 0 aliphatic carbocycles. The Morgan fingerprint density at radius 3 is 2.35 bits per heavy atom. The van der Waals surface area contributed by atoms with Gasteiger partial charge in [-0.3, -0.25) is 9.59 Å². The highest BCUT2D eigenvalue weighted by atomic mass is 16.5. The third kappa shape index (κ3) is 6.10. The number of carbonyl (C=O) groups is 2. The molecule has 3 rings (SSSR count). The van der Waals surface area contributed by atoms with E-state index in [1.54, 1.807) is 38.5 Å². The highest BCUT2D eigenvalue weighted by Crippen LogP contribution is 2.27. The number of aryl methyl sites for hydroxylation is 1. The minimum atomic E-state index is -0.138. The van der Waals surface area contributed by atoms with Crippen LogP contribution in [-0.2, 0) is 4.79 Å². The Labute approximate surface area is 183 Å². The topological polar surface area (TPSA) is 67.9 Å². The fourth-order valence-electron chi connectivity index (χ4n) is 3.62. The molecule has 1 saturated heterocycles. The number of carbonyl (C=O) groups excluding carboxylic acids is 2. The molecule has 0 unspecified atom stereocenters. The molecule has 1 aliphatic rings. The average Bonchev–Trinajstić information content (AvgIpc) is 2.81. The van der Waals surface area contributed by atoms with Crippen LogP contribution in [-0.4, -0.2) is 50.6 Å². The van der Waals surface area contributed by atoms with Crippen molar-refractivity contribution in [3.63, 3.8) is 0 Å². The van der Waals surface area contributed by atoms with Gasteiger partial charge in [0.25, 0.3) is 5.91 Å². The zero-order chi connectivity index (χ0) is 22.2. The van der Waals surface area contributed by atoms with Crippen molar-refractivity contribution in [1.29, 1.82) is 0 Å². The SMILES string of the molecule is COc1ccc(C(=O)NCC2CCN(C(=O)/C=C/c3ccc(C)cc3)CC2)cc1OC. The number of hydrogen-bond acceptors (Lipinski definition) is 4. The zero-order valence-electron chi connectivity index (χ0n) is 18.4. The molecule has 2 aromatic rings. The minimum absolute atomic E-state index is 0.0355. The van der Waals surface area contributed by atoms with Crippen molar-refractivity contribution in [2.45, 2.75) is 19.8 Å². The fourth-order valence-corrected chi connectivity index (χ4v) is 3.62. The molecule has 6 nitrogen and oxygen atoms in total. The lowest BCUT2D eigenvalue weighted by Gasteiger charge is -2.31. The summed E-state index contributed by atoms with van der Waals surface area (Å²) in [7, 11) is 3.11. The Bertz CT molecular complexity index is 929. The van der Waals surface area contributed by atoms with Crippen LogP contribution in [0.5, 0.6) is 11.5 Å². The first-order valence-corrected chi connectivity index (χ1v) is 10.5. The van der Waals surface area contributed by atoms with Crippen LogP contribution in [0.3, 0.4) is 0 Å². The fraction of sp³-hybridized carbons (Fsp3) is 0.360. The Kier molecular flexibility index (Phi) is 7.70. The molecule has 0 saturated carbocycles. The highest BCUT2D eigenvalue weighted by Gasteiger charge is 2.22. The summed E-state index contributed by atoms with van der Waals surface area (Å²) in [5.41, 5.74) is 2.75. The standard InChI is InChI=1S/C25H30N2O4/c1-18-4-6-19(7-5-18)8-11-24(28)27-14-12-20(13-15-27)17-26-25(29)21-9-10-22(30-2)23(16-21)31-3/h4-11,16,20H,12-15,17H2,1-3H3,(H,26,29)/b11-8+. The second kappa shape index (κ2) is 10.7. The Balaban J connectivity index is 1.45. The maximum atomic E-state index is 12.5. The van der Waals surface area contributed by atoms with Crippen LogP contribution in [0.1, 0.15) is 34.3 Å². The summed E-state index contributed by atoms with van der Waals surface area (Å²) in [6, 6.07) is 13.2. The largest absolute Gasteiger partial charge is 0.493 e. The molecule has 0 aromatic heterocycles. The summed E-state index contributed by atoms with van der Waals surface area (Å²) in [6.07, 6.45) is 5.24. The van der Waals surface area contributed by atoms with Gasteiger partial charge in [0, 0.05) is 31.3 Å². The number of piperidine rings is 1. The van der Waals surface area contributed by atoms with Crippen molar-refractivity contribution < 1.29 is 19.1 Å². The first-order valence-electron chi connectivity index (χ1n) is 10.5. The van der Waals surface area contributed by atoms with Crippen LogP contribution in [0.25, 0.3) is 6.08 Å². The molecule has 1 fully saturated rings. The van der Waals surface area contributed by atoms with Gasteiger partial charge in [-0.1, -0.05) is 29.8 Å². The van der Waals surface area contributed by atoms with Crippen molar-refractivity contribution >= 4 is 17.9 Å². The van der Waals surface area contributed by atoms with Gasteiger partial charge in [0.05, 0.1) is 14.2 Å². The zero-order valence-corrected chi connectivity index (χ0v) is 18.4. The van der Waals surface area contributed by atoms with E-state index >= 15 is 0 Å². The molecular weight excluding hydrogens is 392 g/mol. The van der Waals surface area contributed by atoms with Crippen LogP contribution in [0.2, 0.25) is 0 Å². The number of nitrogens with zero attached hydrogens (tertiary/aromatic N) is 1. The van der Waals surface area contributed by atoms with E-state index in [2.05, 4.69) is 5.32 Å². The van der Waals surface area contributed by atoms with Crippen molar-refractivity contribution in [3.8, 4) is 11.5 Å². The van der Waals surface area contributed by atoms with E-state index in [0.717, 1.165) is 18.4 Å². The third-order valence-corrected chi connectivity index (χ3v) is 5.62. The third-order valence-electron chi connectivity index (χ3n) is 5.62. The molecule has 1 aliphatic heterocycles. The number of hydrogen-bond donors (Lipinski definition) is 1. The van der Waals surface area contributed by atoms with Crippen molar-refractivity contribution in [2.75, 3.05) is 33.9 Å². The van der Waals surface area contributed by atoms with Gasteiger partial charge in [-0.15, -0.1) is 0 Å². The van der Waals surface area contributed by atoms with Gasteiger partial charge in [0.15, 0.2) is 11.5 Å². The van der Waals surface area contributed by atoms with Crippen LogP contribution >= 0.6 is 0 Å². The van der Waals surface area contributed by atoms with E-state index in [1.165, 1.54) is 5.56 Å². The molecule has 164 valence electrons. The predicted octanol–water partition coefficient (Wildman–Crippen LogP) is 3.69. The lowest BCUT2D eigenvalue weighted by atomic mass is 9.96. The Hall–Kier alpha value is -3.28.